The van der Waals surface area contributed by atoms with E-state index in [2.05, 4.69) is 9.47 Å². The average molecular weight is 428 g/mol. The van der Waals surface area contributed by atoms with Crippen molar-refractivity contribution in [3.63, 3.8) is 0 Å². The number of aromatic nitrogens is 1. The van der Waals surface area contributed by atoms with E-state index in [-0.39, 0.29) is 28.0 Å². The zero-order valence-corrected chi connectivity index (χ0v) is 15.2. The minimum atomic E-state index is -4.71. The Balaban J connectivity index is 2.36. The molecule has 0 saturated heterocycles. The first-order valence-corrected chi connectivity index (χ1v) is 8.23. The minimum Gasteiger partial charge on any atom is -0.465 e. The van der Waals surface area contributed by atoms with E-state index in [1.54, 1.807) is 0 Å². The lowest BCUT2D eigenvalue weighted by Crippen LogP contribution is -2.28. The van der Waals surface area contributed by atoms with Crippen molar-refractivity contribution >= 4 is 22.6 Å². The maximum atomic E-state index is 13.2. The number of carbonyl (C=O) groups excluding carboxylic acids is 1. The summed E-state index contributed by atoms with van der Waals surface area (Å²) in [6.45, 7) is -3.09. The predicted molar refractivity (Wildman–Crippen MR) is 96.9 cm³/mol. The number of rotatable bonds is 4. The predicted octanol–water partition coefficient (Wildman–Crippen LogP) is 3.98. The molecule has 0 fully saturated rings. The average Bonchev–Trinajstić information content (AvgIpc) is 2.67. The monoisotopic (exact) mass is 428 g/mol. The highest BCUT2D eigenvalue weighted by atomic mass is 19.4. The van der Waals surface area contributed by atoms with Gasteiger partial charge in [0.1, 0.15) is 11.3 Å². The van der Waals surface area contributed by atoms with Gasteiger partial charge >= 0.3 is 18.8 Å². The van der Waals surface area contributed by atoms with E-state index < -0.39 is 35.4 Å². The fourth-order valence-corrected chi connectivity index (χ4v) is 2.92. The number of pyridine rings is 1. The van der Waals surface area contributed by atoms with Crippen LogP contribution in [0, 0.1) is 0 Å². The fourth-order valence-electron chi connectivity index (χ4n) is 2.92. The van der Waals surface area contributed by atoms with Crippen LogP contribution in [0.25, 0.3) is 16.6 Å². The van der Waals surface area contributed by atoms with E-state index in [4.69, 9.17) is 5.73 Å². The smallest absolute Gasteiger partial charge is 0.416 e. The highest BCUT2D eigenvalue weighted by Gasteiger charge is 2.32. The molecule has 1 heterocycles. The van der Waals surface area contributed by atoms with Gasteiger partial charge in [-0.05, 0) is 36.4 Å². The molecule has 0 aliphatic carbocycles. The standard InChI is InChI=1S/C19H13F5N2O4/c1-29-17(28)14-15(25)12-7-2-9(19(22,23)24)8-13(12)26(16(14)27)10-3-5-11(6-4-10)30-18(20)21/h2-8,18H,25H2,1H3. The number of benzene rings is 2. The van der Waals surface area contributed by atoms with Crippen molar-refractivity contribution in [2.24, 2.45) is 0 Å². The first kappa shape index (κ1) is 21.1. The molecule has 6 nitrogen and oxygen atoms in total. The Kier molecular flexibility index (Phi) is 5.38. The van der Waals surface area contributed by atoms with Crippen molar-refractivity contribution in [3.05, 3.63) is 63.9 Å². The zero-order valence-electron chi connectivity index (χ0n) is 15.2. The number of hydrogen-bond donors (Lipinski definition) is 1. The molecule has 0 atom stereocenters. The van der Waals surface area contributed by atoms with Gasteiger partial charge in [-0.15, -0.1) is 0 Å². The number of fused-ring (bicyclic) bond motifs is 1. The van der Waals surface area contributed by atoms with E-state index in [1.165, 1.54) is 12.1 Å². The van der Waals surface area contributed by atoms with Crippen LogP contribution in [0.2, 0.25) is 0 Å². The number of ether oxygens (including phenoxy) is 2. The molecule has 0 bridgehead atoms. The molecular formula is C19H13F5N2O4. The van der Waals surface area contributed by atoms with Crippen LogP contribution in [0.15, 0.2) is 47.3 Å². The highest BCUT2D eigenvalue weighted by molar-refractivity contribution is 6.04. The van der Waals surface area contributed by atoms with Crippen LogP contribution in [0.1, 0.15) is 15.9 Å². The molecule has 3 aromatic rings. The summed E-state index contributed by atoms with van der Waals surface area (Å²) in [6, 6.07) is 7.05. The van der Waals surface area contributed by atoms with E-state index in [0.717, 1.165) is 35.9 Å². The number of nitrogens with two attached hydrogens (primary N) is 1. The van der Waals surface area contributed by atoms with Crippen molar-refractivity contribution in [2.45, 2.75) is 12.8 Å². The van der Waals surface area contributed by atoms with Gasteiger partial charge in [0.2, 0.25) is 0 Å². The number of carbonyl (C=O) groups is 1. The fraction of sp³-hybridized carbons (Fsp3) is 0.158. The van der Waals surface area contributed by atoms with Crippen molar-refractivity contribution in [1.82, 2.24) is 4.57 Å². The topological polar surface area (TPSA) is 83.6 Å². The molecule has 0 aliphatic heterocycles. The molecule has 2 aromatic carbocycles. The van der Waals surface area contributed by atoms with Gasteiger partial charge < -0.3 is 15.2 Å². The van der Waals surface area contributed by atoms with Crippen LogP contribution in [-0.2, 0) is 10.9 Å². The molecule has 0 unspecified atom stereocenters. The quantitative estimate of drug-likeness (QED) is 0.502. The van der Waals surface area contributed by atoms with Crippen molar-refractivity contribution in [3.8, 4) is 11.4 Å². The van der Waals surface area contributed by atoms with Gasteiger partial charge in [0.05, 0.1) is 23.9 Å². The number of nitrogen functional groups attached to an aromatic ring is 1. The Labute approximate surface area is 165 Å². The lowest BCUT2D eigenvalue weighted by molar-refractivity contribution is -0.137. The first-order valence-electron chi connectivity index (χ1n) is 8.23. The second-order valence-corrected chi connectivity index (χ2v) is 6.02. The first-order chi connectivity index (χ1) is 14.0. The molecule has 0 saturated carbocycles. The molecule has 11 heteroatoms. The van der Waals surface area contributed by atoms with E-state index in [1.807, 2.05) is 0 Å². The van der Waals surface area contributed by atoms with Crippen LogP contribution in [0.5, 0.6) is 5.75 Å². The molecule has 0 amide bonds. The van der Waals surface area contributed by atoms with Crippen molar-refractivity contribution in [2.75, 3.05) is 12.8 Å². The Morgan fingerprint density at radius 1 is 1.10 bits per heavy atom. The Hall–Kier alpha value is -3.63. The third-order valence-electron chi connectivity index (χ3n) is 4.25. The summed E-state index contributed by atoms with van der Waals surface area (Å²) < 4.78 is 73.9. The number of esters is 1. The Morgan fingerprint density at radius 2 is 1.73 bits per heavy atom. The lowest BCUT2D eigenvalue weighted by atomic mass is 10.1. The molecule has 158 valence electrons. The van der Waals surface area contributed by atoms with Crippen molar-refractivity contribution in [1.29, 1.82) is 0 Å². The van der Waals surface area contributed by atoms with Crippen LogP contribution in [-0.4, -0.2) is 24.3 Å². The summed E-state index contributed by atoms with van der Waals surface area (Å²) >= 11 is 0. The van der Waals surface area contributed by atoms with Gasteiger partial charge in [-0.2, -0.15) is 22.0 Å². The summed E-state index contributed by atoms with van der Waals surface area (Å²) in [5, 5.41) is -0.00379. The van der Waals surface area contributed by atoms with E-state index >= 15 is 0 Å². The van der Waals surface area contributed by atoms with Gasteiger partial charge in [0.15, 0.2) is 0 Å². The molecule has 0 aliphatic rings. The van der Waals surface area contributed by atoms with Crippen LogP contribution < -0.4 is 16.0 Å². The molecule has 2 N–H and O–H groups in total. The number of halogens is 5. The van der Waals surface area contributed by atoms with Crippen LogP contribution in [0.4, 0.5) is 27.6 Å². The number of anilines is 1. The van der Waals surface area contributed by atoms with Gasteiger partial charge in [0, 0.05) is 11.1 Å². The second-order valence-electron chi connectivity index (χ2n) is 6.02. The number of nitrogens with zero attached hydrogens (tertiary/aromatic N) is 1. The molecule has 3 rings (SSSR count). The maximum absolute atomic E-state index is 13.2. The summed E-state index contributed by atoms with van der Waals surface area (Å²) in [6.07, 6.45) is -4.71. The van der Waals surface area contributed by atoms with E-state index in [0.29, 0.717) is 6.07 Å². The molecule has 0 radical (unpaired) electrons. The van der Waals surface area contributed by atoms with Crippen LogP contribution in [0.3, 0.4) is 0 Å². The Morgan fingerprint density at radius 3 is 2.27 bits per heavy atom. The summed E-state index contributed by atoms with van der Waals surface area (Å²) in [5.74, 6) is -1.31. The van der Waals surface area contributed by atoms with Gasteiger partial charge in [-0.25, -0.2) is 4.79 Å². The molecule has 0 spiro atoms. The number of alkyl halides is 5. The summed E-state index contributed by atoms with van der Waals surface area (Å²) in [4.78, 5) is 25.1. The van der Waals surface area contributed by atoms with Crippen LogP contribution >= 0.6 is 0 Å². The van der Waals surface area contributed by atoms with E-state index in [9.17, 15) is 31.5 Å². The van der Waals surface area contributed by atoms with Gasteiger partial charge in [-0.1, -0.05) is 6.07 Å². The number of hydrogen-bond acceptors (Lipinski definition) is 5. The third-order valence-corrected chi connectivity index (χ3v) is 4.25. The highest BCUT2D eigenvalue weighted by Crippen LogP contribution is 2.34. The normalized spacial score (nSPS) is 11.7. The Bertz CT molecular complexity index is 1170. The maximum Gasteiger partial charge on any atom is 0.416 e. The SMILES string of the molecule is COC(=O)c1c(N)c2ccc(C(F)(F)F)cc2n(-c2ccc(OC(F)F)cc2)c1=O. The number of methoxy groups -OCH3 is 1. The zero-order chi connectivity index (χ0) is 22.2. The molecule has 30 heavy (non-hydrogen) atoms. The molecular weight excluding hydrogens is 415 g/mol. The largest absolute Gasteiger partial charge is 0.465 e. The molecule has 1 aromatic heterocycles. The van der Waals surface area contributed by atoms with Gasteiger partial charge in [-0.3, -0.25) is 9.36 Å². The summed E-state index contributed by atoms with van der Waals surface area (Å²) in [7, 11) is 1.01. The summed E-state index contributed by atoms with van der Waals surface area (Å²) in [5.41, 5.74) is 2.65. The van der Waals surface area contributed by atoms with Crippen molar-refractivity contribution < 1.29 is 36.2 Å². The third kappa shape index (κ3) is 3.78. The lowest BCUT2D eigenvalue weighted by Gasteiger charge is -2.17. The minimum absolute atomic E-state index is 0.00362. The second kappa shape index (κ2) is 7.65. The van der Waals surface area contributed by atoms with Gasteiger partial charge in [0.25, 0.3) is 5.56 Å².